The largest absolute Gasteiger partial charge is 0.322 e. The van der Waals surface area contributed by atoms with Crippen LogP contribution in [0.3, 0.4) is 0 Å². The third-order valence-electron chi connectivity index (χ3n) is 6.47. The topological polar surface area (TPSA) is 99.3 Å². The number of amides is 3. The minimum Gasteiger partial charge on any atom is -0.322 e. The summed E-state index contributed by atoms with van der Waals surface area (Å²) in [5, 5.41) is 5.46. The lowest BCUT2D eigenvalue weighted by molar-refractivity contribution is -0.120. The highest BCUT2D eigenvalue weighted by atomic mass is 32.1. The molecule has 0 bridgehead atoms. The Labute approximate surface area is 245 Å². The van der Waals surface area contributed by atoms with E-state index in [0.29, 0.717) is 16.8 Å². The fourth-order valence-electron chi connectivity index (χ4n) is 4.22. The van der Waals surface area contributed by atoms with E-state index in [1.165, 1.54) is 0 Å². The van der Waals surface area contributed by atoms with E-state index < -0.39 is 11.8 Å². The summed E-state index contributed by atoms with van der Waals surface area (Å²) in [6, 6.07) is 32.7. The van der Waals surface area contributed by atoms with Gasteiger partial charge in [0.15, 0.2) is 5.11 Å². The van der Waals surface area contributed by atoms with Crippen LogP contribution >= 0.6 is 12.2 Å². The van der Waals surface area contributed by atoms with Gasteiger partial charge in [-0.2, -0.15) is 0 Å². The summed E-state index contributed by atoms with van der Waals surface area (Å²) in [5.74, 6) is -1.61. The summed E-state index contributed by atoms with van der Waals surface area (Å²) in [6.07, 6.45) is 0. The zero-order chi connectivity index (χ0) is 29.4. The van der Waals surface area contributed by atoms with Crippen LogP contribution in [0.25, 0.3) is 0 Å². The van der Waals surface area contributed by atoms with Crippen molar-refractivity contribution < 1.29 is 14.4 Å². The van der Waals surface area contributed by atoms with Gasteiger partial charge in [-0.05, 0) is 70.7 Å². The smallest absolute Gasteiger partial charge is 0.269 e. The summed E-state index contributed by atoms with van der Waals surface area (Å²) >= 11 is 5.26. The molecule has 3 amide bonds. The van der Waals surface area contributed by atoms with Crippen molar-refractivity contribution >= 4 is 40.7 Å². The predicted octanol–water partition coefficient (Wildman–Crippen LogP) is 5.70. The summed E-state index contributed by atoms with van der Waals surface area (Å²) in [6.45, 7) is 6.35. The average molecular weight is 565 g/mol. The average Bonchev–Trinajstić information content (AvgIpc) is 2.97. The maximum Gasteiger partial charge on any atom is 0.269 e. The monoisotopic (exact) mass is 564 g/mol. The maximum absolute atomic E-state index is 13.2. The van der Waals surface area contributed by atoms with E-state index in [9.17, 15) is 14.4 Å². The molecule has 4 N–H and O–H groups in total. The SMILES string of the molecule is CC(C)(C)c1ccc(C(=O)Nc2ccc(C(=O)NNC(=S)NC(=O)C(c3ccccc3)c3ccccc3)cc2)cc1. The first-order valence-electron chi connectivity index (χ1n) is 13.1. The van der Waals surface area contributed by atoms with Gasteiger partial charge in [0.25, 0.3) is 11.8 Å². The van der Waals surface area contributed by atoms with E-state index in [4.69, 9.17) is 12.2 Å². The molecule has 0 fully saturated rings. The first-order chi connectivity index (χ1) is 19.6. The van der Waals surface area contributed by atoms with Crippen LogP contribution in [0.2, 0.25) is 0 Å². The minimum atomic E-state index is -0.577. The molecule has 0 heterocycles. The number of thiocarbonyl (C=S) groups is 1. The Morgan fingerprint density at radius 3 is 1.63 bits per heavy atom. The molecule has 0 aliphatic rings. The molecule has 7 nitrogen and oxygen atoms in total. The van der Waals surface area contributed by atoms with E-state index in [1.54, 1.807) is 36.4 Å². The van der Waals surface area contributed by atoms with Crippen molar-refractivity contribution in [2.24, 2.45) is 0 Å². The molecule has 41 heavy (non-hydrogen) atoms. The Bertz CT molecular complexity index is 1480. The van der Waals surface area contributed by atoms with Gasteiger partial charge in [0.2, 0.25) is 5.91 Å². The molecule has 8 heteroatoms. The normalized spacial score (nSPS) is 10.9. The second-order valence-electron chi connectivity index (χ2n) is 10.5. The molecule has 0 atom stereocenters. The third kappa shape index (κ3) is 7.86. The van der Waals surface area contributed by atoms with E-state index in [0.717, 1.165) is 16.7 Å². The lowest BCUT2D eigenvalue weighted by Gasteiger charge is -2.19. The molecule has 4 rings (SSSR count). The first-order valence-corrected chi connectivity index (χ1v) is 13.6. The Kier molecular flexibility index (Phi) is 9.26. The Morgan fingerprint density at radius 1 is 0.634 bits per heavy atom. The zero-order valence-corrected chi connectivity index (χ0v) is 23.9. The number of hydrazine groups is 1. The number of anilines is 1. The molecular weight excluding hydrogens is 532 g/mol. The second-order valence-corrected chi connectivity index (χ2v) is 10.9. The number of nitrogens with one attached hydrogen (secondary N) is 4. The van der Waals surface area contributed by atoms with Crippen LogP contribution in [0, 0.1) is 0 Å². The van der Waals surface area contributed by atoms with Crippen molar-refractivity contribution in [3.05, 3.63) is 137 Å². The summed E-state index contributed by atoms with van der Waals surface area (Å²) in [7, 11) is 0. The van der Waals surface area contributed by atoms with Crippen molar-refractivity contribution in [3.8, 4) is 0 Å². The van der Waals surface area contributed by atoms with Crippen LogP contribution < -0.4 is 21.5 Å². The maximum atomic E-state index is 13.2. The van der Waals surface area contributed by atoms with Gasteiger partial charge in [-0.15, -0.1) is 0 Å². The van der Waals surface area contributed by atoms with Crippen LogP contribution in [-0.4, -0.2) is 22.8 Å². The highest BCUT2D eigenvalue weighted by Crippen LogP contribution is 2.25. The van der Waals surface area contributed by atoms with Crippen molar-refractivity contribution in [3.63, 3.8) is 0 Å². The number of hydrogen-bond acceptors (Lipinski definition) is 4. The van der Waals surface area contributed by atoms with Gasteiger partial charge in [-0.3, -0.25) is 25.2 Å². The highest BCUT2D eigenvalue weighted by Gasteiger charge is 2.23. The Balaban J connectivity index is 1.31. The standard InChI is InChI=1S/C33H32N4O3S/c1-33(2,3)26-18-14-24(15-19-26)29(38)34-27-20-16-25(17-21-27)30(39)36-37-32(41)35-31(40)28(22-10-6-4-7-11-22)23-12-8-5-9-13-23/h4-21,28H,1-3H3,(H,34,38)(H,36,39)(H2,35,37,40,41). The van der Waals surface area contributed by atoms with E-state index in [1.807, 2.05) is 72.8 Å². The van der Waals surface area contributed by atoms with Crippen LogP contribution in [0.5, 0.6) is 0 Å². The van der Waals surface area contributed by atoms with Crippen LogP contribution in [0.4, 0.5) is 5.69 Å². The zero-order valence-electron chi connectivity index (χ0n) is 23.1. The minimum absolute atomic E-state index is 0.00232. The number of carbonyl (C=O) groups excluding carboxylic acids is 3. The molecule has 0 aliphatic carbocycles. The molecule has 4 aromatic carbocycles. The van der Waals surface area contributed by atoms with Gasteiger partial charge < -0.3 is 10.6 Å². The van der Waals surface area contributed by atoms with Crippen molar-refractivity contribution in [1.29, 1.82) is 0 Å². The molecule has 0 spiro atoms. The van der Waals surface area contributed by atoms with E-state index in [-0.39, 0.29) is 22.3 Å². The van der Waals surface area contributed by atoms with Crippen molar-refractivity contribution in [2.45, 2.75) is 32.1 Å². The van der Waals surface area contributed by atoms with Crippen LogP contribution in [-0.2, 0) is 10.2 Å². The summed E-state index contributed by atoms with van der Waals surface area (Å²) in [5.41, 5.74) is 9.29. The van der Waals surface area contributed by atoms with Crippen LogP contribution in [0.15, 0.2) is 109 Å². The second kappa shape index (κ2) is 13.0. The van der Waals surface area contributed by atoms with E-state index in [2.05, 4.69) is 42.3 Å². The van der Waals surface area contributed by atoms with Crippen LogP contribution in [0.1, 0.15) is 64.1 Å². The fraction of sp³-hybridized carbons (Fsp3) is 0.152. The molecule has 208 valence electrons. The van der Waals surface area contributed by atoms with Gasteiger partial charge in [0, 0.05) is 16.8 Å². The highest BCUT2D eigenvalue weighted by molar-refractivity contribution is 7.80. The molecular formula is C33H32N4O3S. The van der Waals surface area contributed by atoms with E-state index >= 15 is 0 Å². The first kappa shape index (κ1) is 29.2. The molecule has 4 aromatic rings. The predicted molar refractivity (Wildman–Crippen MR) is 166 cm³/mol. The Hall–Kier alpha value is -4.82. The van der Waals surface area contributed by atoms with Gasteiger partial charge in [-0.25, -0.2) is 0 Å². The van der Waals surface area contributed by atoms with Crippen molar-refractivity contribution in [1.82, 2.24) is 16.2 Å². The van der Waals surface area contributed by atoms with Gasteiger partial charge in [-0.1, -0.05) is 93.6 Å². The number of rotatable bonds is 6. The number of benzene rings is 4. The van der Waals surface area contributed by atoms with Gasteiger partial charge >= 0.3 is 0 Å². The number of hydrogen-bond donors (Lipinski definition) is 4. The van der Waals surface area contributed by atoms with Crippen molar-refractivity contribution in [2.75, 3.05) is 5.32 Å². The third-order valence-corrected chi connectivity index (χ3v) is 6.68. The molecule has 0 saturated heterocycles. The molecule has 0 aromatic heterocycles. The molecule has 0 radical (unpaired) electrons. The van der Waals surface area contributed by atoms with Gasteiger partial charge in [0.1, 0.15) is 0 Å². The lowest BCUT2D eigenvalue weighted by atomic mass is 9.87. The fourth-order valence-corrected chi connectivity index (χ4v) is 4.37. The molecule has 0 aliphatic heterocycles. The Morgan fingerprint density at radius 2 is 1.12 bits per heavy atom. The summed E-state index contributed by atoms with van der Waals surface area (Å²) in [4.78, 5) is 38.5. The lowest BCUT2D eigenvalue weighted by Crippen LogP contribution is -2.49. The summed E-state index contributed by atoms with van der Waals surface area (Å²) < 4.78 is 0. The molecule has 0 unspecified atom stereocenters. The van der Waals surface area contributed by atoms with Gasteiger partial charge in [0.05, 0.1) is 5.92 Å². The quantitative estimate of drug-likeness (QED) is 0.178. The molecule has 0 saturated carbocycles. The number of carbonyl (C=O) groups is 3.